The number of hydrogen-bond acceptors (Lipinski definition) is 3. The number of benzene rings is 1. The molecule has 0 spiro atoms. The lowest BCUT2D eigenvalue weighted by molar-refractivity contribution is 0.361. The quantitative estimate of drug-likeness (QED) is 0.575. The molecule has 57 valence electrons. The largest absolute Gasteiger partial charge is 0.458 e. The summed E-state index contributed by atoms with van der Waals surface area (Å²) in [6.45, 7) is 0. The highest BCUT2D eigenvalue weighted by Crippen LogP contribution is 2.29. The van der Waals surface area contributed by atoms with E-state index in [1.54, 1.807) is 12.1 Å². The van der Waals surface area contributed by atoms with Crippen LogP contribution >= 0.6 is 0 Å². The number of nitriles is 1. The van der Waals surface area contributed by atoms with Gasteiger partial charge in [-0.25, -0.2) is 0 Å². The van der Waals surface area contributed by atoms with Crippen LogP contribution in [0, 0.1) is 17.4 Å². The summed E-state index contributed by atoms with van der Waals surface area (Å²) in [6, 6.07) is 8.02. The molecule has 3 heteroatoms. The minimum Gasteiger partial charge on any atom is -0.458 e. The summed E-state index contributed by atoms with van der Waals surface area (Å²) in [5.74, 6) is 1.04. The Kier molecular flexibility index (Phi) is 1.45. The lowest BCUT2D eigenvalue weighted by Gasteiger charge is -2.10. The van der Waals surface area contributed by atoms with Crippen molar-refractivity contribution in [1.82, 2.24) is 0 Å². The predicted molar refractivity (Wildman–Crippen MR) is 40.4 cm³/mol. The molecule has 0 fully saturated rings. The van der Waals surface area contributed by atoms with E-state index in [2.05, 4.69) is 6.07 Å². The summed E-state index contributed by atoms with van der Waals surface area (Å²) in [5, 5.41) is 8.54. The summed E-state index contributed by atoms with van der Waals surface area (Å²) >= 11 is 0. The van der Waals surface area contributed by atoms with E-state index in [4.69, 9.17) is 14.7 Å². The van der Waals surface area contributed by atoms with Gasteiger partial charge in [-0.3, -0.25) is 0 Å². The van der Waals surface area contributed by atoms with Gasteiger partial charge in [0.1, 0.15) is 12.5 Å². The SMILES string of the molecule is N#Cc1[c]c2c(cc1)OC=CO2. The fourth-order valence-electron chi connectivity index (χ4n) is 0.903. The van der Waals surface area contributed by atoms with E-state index in [1.807, 2.05) is 6.07 Å². The van der Waals surface area contributed by atoms with Crippen LogP contribution in [-0.2, 0) is 0 Å². The first-order valence-electron chi connectivity index (χ1n) is 3.35. The number of fused-ring (bicyclic) bond motifs is 1. The Labute approximate surface area is 69.5 Å². The fourth-order valence-corrected chi connectivity index (χ4v) is 0.903. The van der Waals surface area contributed by atoms with E-state index >= 15 is 0 Å². The molecule has 1 aromatic carbocycles. The molecule has 3 nitrogen and oxygen atoms in total. The van der Waals surface area contributed by atoms with Crippen LogP contribution in [0.25, 0.3) is 0 Å². The standard InChI is InChI=1S/C9H4NO2/c10-6-7-1-2-8-9(5-7)12-4-3-11-8/h1-4H. The van der Waals surface area contributed by atoms with Crippen LogP contribution in [0.15, 0.2) is 24.7 Å². The number of nitrogens with zero attached hydrogens (tertiary/aromatic N) is 1. The molecule has 2 rings (SSSR count). The van der Waals surface area contributed by atoms with E-state index in [1.165, 1.54) is 12.5 Å². The van der Waals surface area contributed by atoms with Crippen molar-refractivity contribution in [2.75, 3.05) is 0 Å². The second-order valence-electron chi connectivity index (χ2n) is 2.19. The van der Waals surface area contributed by atoms with E-state index in [-0.39, 0.29) is 0 Å². The Hall–Kier alpha value is -1.95. The summed E-state index contributed by atoms with van der Waals surface area (Å²) in [5.41, 5.74) is 0.438. The maximum atomic E-state index is 8.54. The van der Waals surface area contributed by atoms with Crippen LogP contribution in [0.2, 0.25) is 0 Å². The molecule has 0 aliphatic carbocycles. The lowest BCUT2D eigenvalue weighted by atomic mass is 10.2. The molecule has 0 N–H and O–H groups in total. The van der Waals surface area contributed by atoms with Gasteiger partial charge in [-0.15, -0.1) is 0 Å². The topological polar surface area (TPSA) is 42.2 Å². The highest BCUT2D eigenvalue weighted by molar-refractivity contribution is 5.46. The van der Waals surface area contributed by atoms with Gasteiger partial charge in [0.2, 0.25) is 0 Å². The van der Waals surface area contributed by atoms with Gasteiger partial charge in [0.05, 0.1) is 17.7 Å². The number of ether oxygens (including phenoxy) is 2. The molecular weight excluding hydrogens is 154 g/mol. The fraction of sp³-hybridized carbons (Fsp3) is 0. The highest BCUT2D eigenvalue weighted by atomic mass is 16.5. The van der Waals surface area contributed by atoms with Crippen LogP contribution < -0.4 is 9.47 Å². The first-order valence-corrected chi connectivity index (χ1v) is 3.35. The molecule has 0 saturated carbocycles. The minimum atomic E-state index is 0.438. The molecule has 1 aliphatic rings. The Morgan fingerprint density at radius 3 is 2.92 bits per heavy atom. The Morgan fingerprint density at radius 1 is 1.25 bits per heavy atom. The highest BCUT2D eigenvalue weighted by Gasteiger charge is 2.08. The van der Waals surface area contributed by atoms with Gasteiger partial charge in [0.25, 0.3) is 0 Å². The summed E-state index contributed by atoms with van der Waals surface area (Å²) in [4.78, 5) is 0. The molecule has 1 heterocycles. The molecule has 12 heavy (non-hydrogen) atoms. The summed E-state index contributed by atoms with van der Waals surface area (Å²) in [7, 11) is 0. The van der Waals surface area contributed by atoms with Crippen LogP contribution in [-0.4, -0.2) is 0 Å². The third-order valence-corrected chi connectivity index (χ3v) is 1.43. The van der Waals surface area contributed by atoms with Crippen molar-refractivity contribution >= 4 is 0 Å². The van der Waals surface area contributed by atoms with Crippen molar-refractivity contribution in [2.24, 2.45) is 0 Å². The molecule has 0 bridgehead atoms. The normalized spacial score (nSPS) is 12.2. The molecule has 0 unspecified atom stereocenters. The zero-order chi connectivity index (χ0) is 8.39. The summed E-state index contributed by atoms with van der Waals surface area (Å²) < 4.78 is 10.1. The predicted octanol–water partition coefficient (Wildman–Crippen LogP) is 1.60. The second-order valence-corrected chi connectivity index (χ2v) is 2.19. The van der Waals surface area contributed by atoms with Crippen molar-refractivity contribution in [1.29, 1.82) is 5.26 Å². The molecule has 0 aromatic heterocycles. The molecular formula is C9H4NO2. The molecule has 1 aromatic rings. The lowest BCUT2D eigenvalue weighted by Crippen LogP contribution is -1.96. The molecule has 1 radical (unpaired) electrons. The molecule has 0 amide bonds. The van der Waals surface area contributed by atoms with Crippen LogP contribution in [0.3, 0.4) is 0 Å². The number of hydrogen-bond donors (Lipinski definition) is 0. The minimum absolute atomic E-state index is 0.438. The van der Waals surface area contributed by atoms with Crippen LogP contribution in [0.1, 0.15) is 5.56 Å². The Morgan fingerprint density at radius 2 is 2.08 bits per heavy atom. The smallest absolute Gasteiger partial charge is 0.178 e. The van der Waals surface area contributed by atoms with E-state index in [0.717, 1.165) is 0 Å². The average Bonchev–Trinajstić information content (AvgIpc) is 2.17. The van der Waals surface area contributed by atoms with Gasteiger partial charge >= 0.3 is 0 Å². The van der Waals surface area contributed by atoms with E-state index < -0.39 is 0 Å². The van der Waals surface area contributed by atoms with Gasteiger partial charge in [0, 0.05) is 0 Å². The van der Waals surface area contributed by atoms with Gasteiger partial charge in [-0.2, -0.15) is 5.26 Å². The Balaban J connectivity index is 2.48. The maximum Gasteiger partial charge on any atom is 0.178 e. The summed E-state index contributed by atoms with van der Waals surface area (Å²) in [6.07, 6.45) is 2.84. The average molecular weight is 158 g/mol. The molecule has 1 aliphatic heterocycles. The van der Waals surface area contributed by atoms with Crippen molar-refractivity contribution in [2.45, 2.75) is 0 Å². The molecule has 0 atom stereocenters. The van der Waals surface area contributed by atoms with Crippen molar-refractivity contribution in [3.8, 4) is 17.6 Å². The molecule has 0 saturated heterocycles. The van der Waals surface area contributed by atoms with E-state index in [9.17, 15) is 0 Å². The maximum absolute atomic E-state index is 8.54. The van der Waals surface area contributed by atoms with Crippen molar-refractivity contribution in [3.05, 3.63) is 36.3 Å². The zero-order valence-corrected chi connectivity index (χ0v) is 6.07. The second kappa shape index (κ2) is 2.59. The first kappa shape index (κ1) is 6.74. The van der Waals surface area contributed by atoms with Crippen LogP contribution in [0.4, 0.5) is 0 Å². The third kappa shape index (κ3) is 0.995. The monoisotopic (exact) mass is 158 g/mol. The van der Waals surface area contributed by atoms with Crippen LogP contribution in [0.5, 0.6) is 11.5 Å². The first-order chi connectivity index (χ1) is 5.90. The Bertz CT molecular complexity index is 377. The van der Waals surface area contributed by atoms with E-state index in [0.29, 0.717) is 17.1 Å². The zero-order valence-electron chi connectivity index (χ0n) is 6.07. The van der Waals surface area contributed by atoms with Gasteiger partial charge < -0.3 is 9.47 Å². The third-order valence-electron chi connectivity index (χ3n) is 1.43. The van der Waals surface area contributed by atoms with Gasteiger partial charge in [-0.1, -0.05) is 0 Å². The van der Waals surface area contributed by atoms with Crippen molar-refractivity contribution < 1.29 is 9.47 Å². The van der Waals surface area contributed by atoms with Gasteiger partial charge in [0.15, 0.2) is 11.5 Å². The van der Waals surface area contributed by atoms with Crippen molar-refractivity contribution in [3.63, 3.8) is 0 Å². The number of rotatable bonds is 0. The van der Waals surface area contributed by atoms with Gasteiger partial charge in [-0.05, 0) is 12.1 Å².